The van der Waals surface area contributed by atoms with Crippen LogP contribution in [-0.2, 0) is 0 Å². The monoisotopic (exact) mass is 280 g/mol. The Labute approximate surface area is 119 Å². The fourth-order valence-corrected chi connectivity index (χ4v) is 3.57. The van der Waals surface area contributed by atoms with Gasteiger partial charge in [-0.3, -0.25) is 4.90 Å². The van der Waals surface area contributed by atoms with E-state index in [1.807, 2.05) is 0 Å². The molecule has 1 aromatic rings. The van der Waals surface area contributed by atoms with Crippen molar-refractivity contribution in [1.82, 2.24) is 4.90 Å². The zero-order valence-corrected chi connectivity index (χ0v) is 12.1. The van der Waals surface area contributed by atoms with Crippen LogP contribution in [0.2, 0.25) is 0 Å². The smallest absolute Gasteiger partial charge is 0.160 e. The summed E-state index contributed by atoms with van der Waals surface area (Å²) in [6.07, 6.45) is 2.46. The van der Waals surface area contributed by atoms with Gasteiger partial charge in [0.15, 0.2) is 11.6 Å². The van der Waals surface area contributed by atoms with Crippen molar-refractivity contribution in [3.8, 4) is 0 Å². The summed E-state index contributed by atoms with van der Waals surface area (Å²) in [5.74, 6) is -1.03. The Bertz CT molecular complexity index is 489. The minimum Gasteiger partial charge on any atom is -0.365 e. The van der Waals surface area contributed by atoms with Crippen molar-refractivity contribution in [2.45, 2.75) is 38.8 Å². The van der Waals surface area contributed by atoms with Crippen LogP contribution in [0.25, 0.3) is 0 Å². The van der Waals surface area contributed by atoms with Gasteiger partial charge in [-0.25, -0.2) is 8.78 Å². The molecular formula is C16H22F2N2. The predicted octanol–water partition coefficient (Wildman–Crippen LogP) is 3.27. The van der Waals surface area contributed by atoms with E-state index in [1.165, 1.54) is 31.5 Å². The van der Waals surface area contributed by atoms with Crippen LogP contribution in [0.5, 0.6) is 0 Å². The summed E-state index contributed by atoms with van der Waals surface area (Å²) in [5.41, 5.74) is 0.814. The van der Waals surface area contributed by atoms with Gasteiger partial charge >= 0.3 is 0 Å². The molecule has 0 N–H and O–H groups in total. The number of piperazine rings is 1. The van der Waals surface area contributed by atoms with Crippen LogP contribution in [0.4, 0.5) is 14.5 Å². The van der Waals surface area contributed by atoms with E-state index in [2.05, 4.69) is 23.6 Å². The van der Waals surface area contributed by atoms with Crippen molar-refractivity contribution in [3.63, 3.8) is 0 Å². The Kier molecular flexibility index (Phi) is 3.67. The third-order valence-corrected chi connectivity index (χ3v) is 4.73. The second-order valence-electron chi connectivity index (χ2n) is 6.35. The lowest BCUT2D eigenvalue weighted by molar-refractivity contribution is 0.176. The van der Waals surface area contributed by atoms with E-state index in [4.69, 9.17) is 0 Å². The zero-order chi connectivity index (χ0) is 14.3. The Balaban J connectivity index is 1.89. The van der Waals surface area contributed by atoms with Crippen molar-refractivity contribution in [3.05, 3.63) is 29.8 Å². The number of anilines is 1. The Morgan fingerprint density at radius 1 is 1.15 bits per heavy atom. The van der Waals surface area contributed by atoms with E-state index < -0.39 is 11.6 Å². The molecule has 0 aromatic heterocycles. The van der Waals surface area contributed by atoms with E-state index in [0.29, 0.717) is 18.0 Å². The van der Waals surface area contributed by atoms with Gasteiger partial charge in [0.25, 0.3) is 0 Å². The number of nitrogens with zero attached hydrogens (tertiary/aromatic N) is 2. The van der Waals surface area contributed by atoms with Crippen LogP contribution in [0, 0.1) is 17.6 Å². The third-order valence-electron chi connectivity index (χ3n) is 4.73. The highest BCUT2D eigenvalue weighted by Gasteiger charge is 2.37. The molecule has 2 atom stereocenters. The van der Waals surface area contributed by atoms with Crippen molar-refractivity contribution in [2.75, 3.05) is 24.5 Å². The molecule has 4 heteroatoms. The summed E-state index contributed by atoms with van der Waals surface area (Å²) in [6, 6.07) is 5.23. The van der Waals surface area contributed by atoms with Gasteiger partial charge in [-0.2, -0.15) is 0 Å². The van der Waals surface area contributed by atoms with E-state index in [-0.39, 0.29) is 0 Å². The summed E-state index contributed by atoms with van der Waals surface area (Å²) in [7, 11) is 0. The maximum atomic E-state index is 13.5. The van der Waals surface area contributed by atoms with Gasteiger partial charge in [-0.15, -0.1) is 0 Å². The van der Waals surface area contributed by atoms with E-state index in [9.17, 15) is 8.78 Å². The Morgan fingerprint density at radius 2 is 1.95 bits per heavy atom. The van der Waals surface area contributed by atoms with Gasteiger partial charge in [0.05, 0.1) is 0 Å². The number of halogens is 2. The molecule has 3 rings (SSSR count). The molecule has 0 radical (unpaired) electrons. The molecule has 2 unspecified atom stereocenters. The van der Waals surface area contributed by atoms with Gasteiger partial charge < -0.3 is 4.90 Å². The Morgan fingerprint density at radius 3 is 2.65 bits per heavy atom. The van der Waals surface area contributed by atoms with Gasteiger partial charge in [0.2, 0.25) is 0 Å². The number of hydrogen-bond donors (Lipinski definition) is 0. The number of rotatable bonds is 2. The highest BCUT2D eigenvalue weighted by Crippen LogP contribution is 2.31. The van der Waals surface area contributed by atoms with Crippen LogP contribution in [-0.4, -0.2) is 36.6 Å². The number of benzene rings is 1. The Hall–Kier alpha value is -1.16. The first kappa shape index (κ1) is 13.8. The average molecular weight is 280 g/mol. The normalized spacial score (nSPS) is 27.1. The van der Waals surface area contributed by atoms with Gasteiger partial charge in [0, 0.05) is 36.9 Å². The second-order valence-corrected chi connectivity index (χ2v) is 6.35. The first-order chi connectivity index (χ1) is 9.56. The zero-order valence-electron chi connectivity index (χ0n) is 12.1. The molecule has 110 valence electrons. The molecule has 0 saturated carbocycles. The van der Waals surface area contributed by atoms with Crippen molar-refractivity contribution >= 4 is 5.69 Å². The molecule has 2 aliphatic rings. The van der Waals surface area contributed by atoms with Crippen LogP contribution in [0.3, 0.4) is 0 Å². The molecule has 2 saturated heterocycles. The fraction of sp³-hybridized carbons (Fsp3) is 0.625. The van der Waals surface area contributed by atoms with Gasteiger partial charge in [0.1, 0.15) is 0 Å². The minimum atomic E-state index is -0.769. The predicted molar refractivity (Wildman–Crippen MR) is 76.9 cm³/mol. The van der Waals surface area contributed by atoms with Crippen molar-refractivity contribution in [2.24, 2.45) is 5.92 Å². The summed E-state index contributed by atoms with van der Waals surface area (Å²) in [4.78, 5) is 4.83. The van der Waals surface area contributed by atoms with Crippen LogP contribution in [0.1, 0.15) is 26.7 Å². The molecule has 0 amide bonds. The fourth-order valence-electron chi connectivity index (χ4n) is 3.57. The van der Waals surface area contributed by atoms with Crippen LogP contribution >= 0.6 is 0 Å². The minimum absolute atomic E-state index is 0.370. The largest absolute Gasteiger partial charge is 0.365 e. The first-order valence-corrected chi connectivity index (χ1v) is 7.52. The van der Waals surface area contributed by atoms with E-state index >= 15 is 0 Å². The SMILES string of the molecule is CC(C)C1CN2CCCC2CN1c1ccc(F)c(F)c1. The number of hydrogen-bond acceptors (Lipinski definition) is 2. The standard InChI is InChI=1S/C16H22F2N2/c1-11(2)16-10-19-7-3-4-13(19)9-20(16)12-5-6-14(17)15(18)8-12/h5-6,8,11,13,16H,3-4,7,9-10H2,1-2H3. The summed E-state index contributed by atoms with van der Waals surface area (Å²) < 4.78 is 26.7. The average Bonchev–Trinajstić information content (AvgIpc) is 2.87. The molecule has 0 spiro atoms. The molecule has 1 aromatic carbocycles. The molecular weight excluding hydrogens is 258 g/mol. The summed E-state index contributed by atoms with van der Waals surface area (Å²) in [5, 5.41) is 0. The summed E-state index contributed by atoms with van der Waals surface area (Å²) >= 11 is 0. The lowest BCUT2D eigenvalue weighted by atomic mass is 9.96. The highest BCUT2D eigenvalue weighted by molar-refractivity contribution is 5.49. The molecule has 20 heavy (non-hydrogen) atoms. The van der Waals surface area contributed by atoms with Gasteiger partial charge in [-0.05, 0) is 37.4 Å². The summed E-state index contributed by atoms with van der Waals surface area (Å²) in [6.45, 7) is 7.54. The number of fused-ring (bicyclic) bond motifs is 1. The molecule has 2 nitrogen and oxygen atoms in total. The van der Waals surface area contributed by atoms with Crippen molar-refractivity contribution < 1.29 is 8.78 Å². The highest BCUT2D eigenvalue weighted by atomic mass is 19.2. The van der Waals surface area contributed by atoms with E-state index in [0.717, 1.165) is 18.8 Å². The second kappa shape index (κ2) is 5.32. The van der Waals surface area contributed by atoms with E-state index in [1.54, 1.807) is 6.07 Å². The topological polar surface area (TPSA) is 6.48 Å². The lowest BCUT2D eigenvalue weighted by Gasteiger charge is -2.46. The van der Waals surface area contributed by atoms with Crippen LogP contribution < -0.4 is 4.90 Å². The molecule has 2 heterocycles. The molecule has 2 fully saturated rings. The van der Waals surface area contributed by atoms with Crippen LogP contribution in [0.15, 0.2) is 18.2 Å². The van der Waals surface area contributed by atoms with Crippen molar-refractivity contribution in [1.29, 1.82) is 0 Å². The maximum Gasteiger partial charge on any atom is 0.160 e. The third kappa shape index (κ3) is 2.41. The first-order valence-electron chi connectivity index (χ1n) is 7.52. The molecule has 0 bridgehead atoms. The maximum absolute atomic E-state index is 13.5. The molecule has 0 aliphatic carbocycles. The lowest BCUT2D eigenvalue weighted by Crippen LogP contribution is -2.58. The molecule has 2 aliphatic heterocycles. The van der Waals surface area contributed by atoms with Gasteiger partial charge in [-0.1, -0.05) is 13.8 Å². The quantitative estimate of drug-likeness (QED) is 0.820.